The number of nitrogens with zero attached hydrogens (tertiary/aromatic N) is 2. The smallest absolute Gasteiger partial charge is 0.138 e. The summed E-state index contributed by atoms with van der Waals surface area (Å²) in [5.74, 6) is 0.937. The third-order valence-electron chi connectivity index (χ3n) is 4.27. The van der Waals surface area contributed by atoms with Crippen LogP contribution >= 0.6 is 0 Å². The quantitative estimate of drug-likeness (QED) is 0.763. The lowest BCUT2D eigenvalue weighted by Gasteiger charge is -2.29. The van der Waals surface area contributed by atoms with E-state index in [1.165, 1.54) is 11.3 Å². The number of anilines is 1. The molecule has 1 fully saturated rings. The molecule has 0 saturated carbocycles. The van der Waals surface area contributed by atoms with Gasteiger partial charge in [-0.3, -0.25) is 0 Å². The normalized spacial score (nSPS) is 15.4. The highest BCUT2D eigenvalue weighted by molar-refractivity contribution is 5.83. The lowest BCUT2D eigenvalue weighted by molar-refractivity contribution is 0.589. The summed E-state index contributed by atoms with van der Waals surface area (Å²) in [6.45, 7) is 6.32. The number of aromatic nitrogens is 2. The Morgan fingerprint density at radius 1 is 1.00 bits per heavy atom. The lowest BCUT2D eigenvalue weighted by atomic mass is 10.1. The van der Waals surface area contributed by atoms with Crippen molar-refractivity contribution in [2.75, 3.05) is 31.1 Å². The Bertz CT molecular complexity index is 782. The number of imidazole rings is 1. The molecule has 0 bridgehead atoms. The zero-order chi connectivity index (χ0) is 14.9. The summed E-state index contributed by atoms with van der Waals surface area (Å²) in [6.07, 6.45) is 0. The van der Waals surface area contributed by atoms with E-state index in [4.69, 9.17) is 4.98 Å². The summed E-state index contributed by atoms with van der Waals surface area (Å²) in [5, 5.41) is 3.39. The van der Waals surface area contributed by atoms with Crippen LogP contribution in [0.4, 0.5) is 5.69 Å². The van der Waals surface area contributed by atoms with Crippen molar-refractivity contribution in [3.8, 4) is 11.4 Å². The van der Waals surface area contributed by atoms with Crippen LogP contribution in [0.15, 0.2) is 42.5 Å². The molecule has 0 amide bonds. The van der Waals surface area contributed by atoms with Crippen LogP contribution in [0.5, 0.6) is 0 Å². The lowest BCUT2D eigenvalue weighted by Crippen LogP contribution is -2.43. The molecule has 2 heterocycles. The zero-order valence-corrected chi connectivity index (χ0v) is 12.8. The number of fused-ring (bicyclic) bond motifs is 1. The van der Waals surface area contributed by atoms with Gasteiger partial charge in [-0.1, -0.05) is 29.8 Å². The molecule has 1 saturated heterocycles. The molecule has 0 unspecified atom stereocenters. The maximum Gasteiger partial charge on any atom is 0.138 e. The summed E-state index contributed by atoms with van der Waals surface area (Å²) in [6, 6.07) is 15.0. The minimum absolute atomic E-state index is 0.937. The van der Waals surface area contributed by atoms with Crippen LogP contribution in [0.3, 0.4) is 0 Å². The maximum atomic E-state index is 4.71. The summed E-state index contributed by atoms with van der Waals surface area (Å²) in [4.78, 5) is 10.6. The zero-order valence-electron chi connectivity index (χ0n) is 12.8. The van der Waals surface area contributed by atoms with Crippen molar-refractivity contribution in [2.24, 2.45) is 0 Å². The largest absolute Gasteiger partial charge is 0.369 e. The van der Waals surface area contributed by atoms with Gasteiger partial charge in [0, 0.05) is 37.4 Å². The highest BCUT2D eigenvalue weighted by atomic mass is 15.2. The summed E-state index contributed by atoms with van der Waals surface area (Å²) < 4.78 is 0. The van der Waals surface area contributed by atoms with Gasteiger partial charge in [-0.25, -0.2) is 4.98 Å². The number of benzene rings is 2. The number of aryl methyl sites for hydroxylation is 1. The van der Waals surface area contributed by atoms with Gasteiger partial charge in [0.2, 0.25) is 0 Å². The predicted molar refractivity (Wildman–Crippen MR) is 91.3 cm³/mol. The average Bonchev–Trinajstić information content (AvgIpc) is 2.99. The second kappa shape index (κ2) is 5.46. The second-order valence-corrected chi connectivity index (χ2v) is 5.89. The van der Waals surface area contributed by atoms with Gasteiger partial charge in [0.05, 0.1) is 11.0 Å². The van der Waals surface area contributed by atoms with Crippen molar-refractivity contribution >= 4 is 16.7 Å². The van der Waals surface area contributed by atoms with Crippen LogP contribution in [0.2, 0.25) is 0 Å². The third kappa shape index (κ3) is 2.46. The molecule has 4 heteroatoms. The maximum absolute atomic E-state index is 4.71. The number of piperazine rings is 1. The highest BCUT2D eigenvalue weighted by Gasteiger charge is 2.12. The van der Waals surface area contributed by atoms with E-state index in [2.05, 4.69) is 64.6 Å². The van der Waals surface area contributed by atoms with Crippen molar-refractivity contribution < 1.29 is 0 Å². The van der Waals surface area contributed by atoms with Crippen molar-refractivity contribution in [3.05, 3.63) is 48.0 Å². The second-order valence-electron chi connectivity index (χ2n) is 5.89. The molecule has 0 spiro atoms. The molecule has 3 aromatic rings. The van der Waals surface area contributed by atoms with Crippen LogP contribution in [0.25, 0.3) is 22.4 Å². The molecule has 1 aliphatic heterocycles. The van der Waals surface area contributed by atoms with Gasteiger partial charge in [-0.2, -0.15) is 0 Å². The molecular weight excluding hydrogens is 272 g/mol. The van der Waals surface area contributed by atoms with Crippen molar-refractivity contribution in [1.29, 1.82) is 0 Å². The van der Waals surface area contributed by atoms with Gasteiger partial charge in [0.1, 0.15) is 5.82 Å². The standard InChI is InChI=1S/C18H20N4/c1-13-2-4-14(5-3-13)18-20-16-7-6-15(12-17(16)21-18)22-10-8-19-9-11-22/h2-7,12,19H,8-11H2,1H3,(H,20,21). The van der Waals surface area contributed by atoms with Crippen molar-refractivity contribution in [2.45, 2.75) is 6.92 Å². The van der Waals surface area contributed by atoms with E-state index in [-0.39, 0.29) is 0 Å². The van der Waals surface area contributed by atoms with Crippen molar-refractivity contribution in [3.63, 3.8) is 0 Å². The molecule has 0 radical (unpaired) electrons. The van der Waals surface area contributed by atoms with Gasteiger partial charge >= 0.3 is 0 Å². The Labute approximate surface area is 130 Å². The van der Waals surface area contributed by atoms with E-state index in [0.717, 1.165) is 48.6 Å². The van der Waals surface area contributed by atoms with Crippen LogP contribution < -0.4 is 10.2 Å². The molecule has 1 aliphatic rings. The van der Waals surface area contributed by atoms with Gasteiger partial charge in [0.15, 0.2) is 0 Å². The Balaban J connectivity index is 1.69. The molecule has 2 aromatic carbocycles. The first-order valence-electron chi connectivity index (χ1n) is 7.82. The molecule has 2 N–H and O–H groups in total. The minimum Gasteiger partial charge on any atom is -0.369 e. The monoisotopic (exact) mass is 292 g/mol. The summed E-state index contributed by atoms with van der Waals surface area (Å²) in [5.41, 5.74) is 5.79. The molecule has 0 atom stereocenters. The number of aromatic amines is 1. The Morgan fingerprint density at radius 2 is 1.77 bits per heavy atom. The SMILES string of the molecule is Cc1ccc(-c2nc3ccc(N4CCNCC4)cc3[nH]2)cc1. The number of H-pyrrole nitrogens is 1. The first kappa shape index (κ1) is 13.3. The molecule has 112 valence electrons. The minimum atomic E-state index is 0.937. The summed E-state index contributed by atoms with van der Waals surface area (Å²) >= 11 is 0. The van der Waals surface area contributed by atoms with E-state index in [9.17, 15) is 0 Å². The predicted octanol–water partition coefficient (Wildman–Crippen LogP) is 2.95. The van der Waals surface area contributed by atoms with E-state index in [1.807, 2.05) is 0 Å². The van der Waals surface area contributed by atoms with Crippen LogP contribution in [0, 0.1) is 6.92 Å². The average molecular weight is 292 g/mol. The fraction of sp³-hybridized carbons (Fsp3) is 0.278. The van der Waals surface area contributed by atoms with Gasteiger partial charge < -0.3 is 15.2 Å². The first-order valence-corrected chi connectivity index (χ1v) is 7.82. The fourth-order valence-corrected chi connectivity index (χ4v) is 2.97. The van der Waals surface area contributed by atoms with E-state index < -0.39 is 0 Å². The fourth-order valence-electron chi connectivity index (χ4n) is 2.97. The summed E-state index contributed by atoms with van der Waals surface area (Å²) in [7, 11) is 0. The molecule has 1 aromatic heterocycles. The molecular formula is C18H20N4. The van der Waals surface area contributed by atoms with Crippen molar-refractivity contribution in [1.82, 2.24) is 15.3 Å². The van der Waals surface area contributed by atoms with E-state index in [0.29, 0.717) is 0 Å². The molecule has 22 heavy (non-hydrogen) atoms. The van der Waals surface area contributed by atoms with Crippen LogP contribution in [0.1, 0.15) is 5.56 Å². The number of rotatable bonds is 2. The van der Waals surface area contributed by atoms with Crippen LogP contribution in [-0.2, 0) is 0 Å². The topological polar surface area (TPSA) is 44.0 Å². The number of nitrogens with one attached hydrogen (secondary N) is 2. The van der Waals surface area contributed by atoms with Crippen LogP contribution in [-0.4, -0.2) is 36.1 Å². The number of hydrogen-bond donors (Lipinski definition) is 2. The van der Waals surface area contributed by atoms with E-state index in [1.54, 1.807) is 0 Å². The Morgan fingerprint density at radius 3 is 2.55 bits per heavy atom. The van der Waals surface area contributed by atoms with Gasteiger partial charge in [-0.05, 0) is 25.1 Å². The Hall–Kier alpha value is -2.33. The van der Waals surface area contributed by atoms with Gasteiger partial charge in [-0.15, -0.1) is 0 Å². The highest BCUT2D eigenvalue weighted by Crippen LogP contribution is 2.25. The Kier molecular flexibility index (Phi) is 3.31. The molecule has 4 rings (SSSR count). The first-order chi connectivity index (χ1) is 10.8. The molecule has 4 nitrogen and oxygen atoms in total. The number of hydrogen-bond acceptors (Lipinski definition) is 3. The molecule has 0 aliphatic carbocycles. The third-order valence-corrected chi connectivity index (χ3v) is 4.27. The van der Waals surface area contributed by atoms with Gasteiger partial charge in [0.25, 0.3) is 0 Å². The van der Waals surface area contributed by atoms with E-state index >= 15 is 0 Å².